The Kier molecular flexibility index (Phi) is 5.20. The molecular weight excluding hydrogens is 404 g/mol. The molecule has 0 aliphatic carbocycles. The SMILES string of the molecule is O=C(/C=C/c1ccc2c(c1)OCO2)N1CCN(Cc2nc(-c3cccs3)no2)CC1. The first-order chi connectivity index (χ1) is 14.7. The lowest BCUT2D eigenvalue weighted by Crippen LogP contribution is -2.47. The second-order valence-electron chi connectivity index (χ2n) is 7.04. The van der Waals surface area contributed by atoms with Crippen LogP contribution in [0.15, 0.2) is 46.3 Å². The number of ether oxygens (including phenoxy) is 2. The number of piperazine rings is 1. The number of benzene rings is 1. The van der Waals surface area contributed by atoms with Crippen LogP contribution in [0.4, 0.5) is 0 Å². The molecule has 3 aromatic rings. The van der Waals surface area contributed by atoms with Gasteiger partial charge < -0.3 is 18.9 Å². The van der Waals surface area contributed by atoms with Gasteiger partial charge >= 0.3 is 0 Å². The Hall–Kier alpha value is -3.17. The van der Waals surface area contributed by atoms with Crippen molar-refractivity contribution in [3.05, 3.63) is 53.2 Å². The molecule has 2 aliphatic rings. The van der Waals surface area contributed by atoms with Crippen molar-refractivity contribution in [2.75, 3.05) is 33.0 Å². The van der Waals surface area contributed by atoms with Crippen LogP contribution in [0.5, 0.6) is 11.5 Å². The van der Waals surface area contributed by atoms with E-state index >= 15 is 0 Å². The van der Waals surface area contributed by atoms with Crippen molar-refractivity contribution in [2.45, 2.75) is 6.54 Å². The summed E-state index contributed by atoms with van der Waals surface area (Å²) in [6.07, 6.45) is 3.42. The number of rotatable bonds is 5. The number of aromatic nitrogens is 2. The lowest BCUT2D eigenvalue weighted by atomic mass is 10.2. The summed E-state index contributed by atoms with van der Waals surface area (Å²) in [7, 11) is 0. The van der Waals surface area contributed by atoms with Crippen molar-refractivity contribution in [1.29, 1.82) is 0 Å². The third-order valence-electron chi connectivity index (χ3n) is 5.07. The summed E-state index contributed by atoms with van der Waals surface area (Å²) in [5.74, 6) is 2.67. The van der Waals surface area contributed by atoms with Crippen molar-refractivity contribution in [3.63, 3.8) is 0 Å². The third kappa shape index (κ3) is 4.07. The number of nitrogens with zero attached hydrogens (tertiary/aromatic N) is 4. The first-order valence-corrected chi connectivity index (χ1v) is 10.6. The molecule has 2 aliphatic heterocycles. The van der Waals surface area contributed by atoms with E-state index in [-0.39, 0.29) is 12.7 Å². The molecule has 0 saturated carbocycles. The molecule has 5 rings (SSSR count). The predicted molar refractivity (Wildman–Crippen MR) is 111 cm³/mol. The van der Waals surface area contributed by atoms with E-state index in [2.05, 4.69) is 15.0 Å². The van der Waals surface area contributed by atoms with E-state index in [0.717, 1.165) is 29.3 Å². The van der Waals surface area contributed by atoms with E-state index in [1.807, 2.05) is 40.6 Å². The summed E-state index contributed by atoms with van der Waals surface area (Å²) in [5.41, 5.74) is 0.907. The molecule has 1 fully saturated rings. The maximum absolute atomic E-state index is 12.5. The number of hydrogen-bond donors (Lipinski definition) is 0. The second-order valence-corrected chi connectivity index (χ2v) is 7.98. The van der Waals surface area contributed by atoms with Crippen molar-refractivity contribution in [3.8, 4) is 22.2 Å². The summed E-state index contributed by atoms with van der Waals surface area (Å²) in [6, 6.07) is 9.57. The minimum absolute atomic E-state index is 0.00471. The van der Waals surface area contributed by atoms with Crippen molar-refractivity contribution < 1.29 is 18.8 Å². The standard InChI is InChI=1S/C21H20N4O4S/c26-20(6-4-15-3-5-16-17(12-15)28-14-27-16)25-9-7-24(8-10-25)13-19-22-21(23-29-19)18-2-1-11-30-18/h1-6,11-12H,7-10,13-14H2/b6-4+. The van der Waals surface area contributed by atoms with Gasteiger partial charge in [-0.25, -0.2) is 0 Å². The molecule has 0 radical (unpaired) electrons. The van der Waals surface area contributed by atoms with Crippen LogP contribution in [0.1, 0.15) is 11.5 Å². The van der Waals surface area contributed by atoms with Crippen LogP contribution in [0.3, 0.4) is 0 Å². The van der Waals surface area contributed by atoms with Gasteiger partial charge in [0.1, 0.15) is 0 Å². The molecule has 154 valence electrons. The Labute approximate surface area is 177 Å². The highest BCUT2D eigenvalue weighted by Gasteiger charge is 2.22. The molecule has 0 unspecified atom stereocenters. The Morgan fingerprint density at radius 3 is 2.83 bits per heavy atom. The van der Waals surface area contributed by atoms with Gasteiger partial charge in [-0.05, 0) is 35.2 Å². The Morgan fingerprint density at radius 1 is 1.13 bits per heavy atom. The number of carbonyl (C=O) groups is 1. The highest BCUT2D eigenvalue weighted by molar-refractivity contribution is 7.13. The van der Waals surface area contributed by atoms with E-state index < -0.39 is 0 Å². The molecule has 30 heavy (non-hydrogen) atoms. The van der Waals surface area contributed by atoms with Crippen LogP contribution in [-0.4, -0.2) is 58.8 Å². The van der Waals surface area contributed by atoms with Gasteiger partial charge in [-0.15, -0.1) is 11.3 Å². The van der Waals surface area contributed by atoms with Gasteiger partial charge in [0, 0.05) is 32.3 Å². The second kappa shape index (κ2) is 8.29. The molecule has 0 spiro atoms. The van der Waals surface area contributed by atoms with Crippen molar-refractivity contribution in [2.24, 2.45) is 0 Å². The summed E-state index contributed by atoms with van der Waals surface area (Å²) in [5, 5.41) is 6.04. The van der Waals surface area contributed by atoms with Gasteiger partial charge in [0.05, 0.1) is 11.4 Å². The fourth-order valence-corrected chi connectivity index (χ4v) is 4.08. The fourth-order valence-electron chi connectivity index (χ4n) is 3.43. The van der Waals surface area contributed by atoms with Gasteiger partial charge in [-0.1, -0.05) is 17.3 Å². The molecule has 0 N–H and O–H groups in total. The zero-order valence-corrected chi connectivity index (χ0v) is 17.0. The molecule has 0 bridgehead atoms. The van der Waals surface area contributed by atoms with Crippen molar-refractivity contribution in [1.82, 2.24) is 19.9 Å². The largest absolute Gasteiger partial charge is 0.454 e. The van der Waals surface area contributed by atoms with Crippen molar-refractivity contribution >= 4 is 23.3 Å². The minimum atomic E-state index is 0.00471. The number of hydrogen-bond acceptors (Lipinski definition) is 8. The lowest BCUT2D eigenvalue weighted by Gasteiger charge is -2.33. The van der Waals surface area contributed by atoms with Gasteiger partial charge in [0.25, 0.3) is 0 Å². The summed E-state index contributed by atoms with van der Waals surface area (Å²) >= 11 is 1.59. The molecule has 4 heterocycles. The Balaban J connectivity index is 1.13. The molecule has 0 atom stereocenters. The fraction of sp³-hybridized carbons (Fsp3) is 0.286. The highest BCUT2D eigenvalue weighted by atomic mass is 32.1. The van der Waals surface area contributed by atoms with Crippen LogP contribution < -0.4 is 9.47 Å². The van der Waals surface area contributed by atoms with Crippen LogP contribution in [0.2, 0.25) is 0 Å². The minimum Gasteiger partial charge on any atom is -0.454 e. The number of amides is 1. The number of fused-ring (bicyclic) bond motifs is 1. The predicted octanol–water partition coefficient (Wildman–Crippen LogP) is 2.88. The number of carbonyl (C=O) groups excluding carboxylic acids is 1. The van der Waals surface area contributed by atoms with E-state index in [0.29, 0.717) is 37.1 Å². The van der Waals surface area contributed by atoms with Gasteiger partial charge in [-0.3, -0.25) is 9.69 Å². The van der Waals surface area contributed by atoms with E-state index in [1.165, 1.54) is 0 Å². The summed E-state index contributed by atoms with van der Waals surface area (Å²) < 4.78 is 16.1. The van der Waals surface area contributed by atoms with Crippen LogP contribution in [-0.2, 0) is 11.3 Å². The Bertz CT molecular complexity index is 1050. The van der Waals surface area contributed by atoms with Crippen LogP contribution in [0, 0.1) is 0 Å². The van der Waals surface area contributed by atoms with E-state index in [9.17, 15) is 4.79 Å². The summed E-state index contributed by atoms with van der Waals surface area (Å²) in [4.78, 5) is 22.1. The van der Waals surface area contributed by atoms with Gasteiger partial charge in [0.2, 0.25) is 24.4 Å². The molecule has 2 aromatic heterocycles. The Morgan fingerprint density at radius 2 is 2.00 bits per heavy atom. The van der Waals surface area contributed by atoms with Crippen LogP contribution in [0.25, 0.3) is 16.8 Å². The number of thiophene rings is 1. The molecular formula is C21H20N4O4S. The quantitative estimate of drug-likeness (QED) is 0.583. The zero-order valence-electron chi connectivity index (χ0n) is 16.2. The maximum atomic E-state index is 12.5. The lowest BCUT2D eigenvalue weighted by molar-refractivity contribution is -0.127. The monoisotopic (exact) mass is 424 g/mol. The average Bonchev–Trinajstić information content (AvgIpc) is 3.53. The van der Waals surface area contributed by atoms with E-state index in [1.54, 1.807) is 23.5 Å². The molecule has 1 saturated heterocycles. The molecule has 1 aromatic carbocycles. The normalized spacial score (nSPS) is 16.5. The third-order valence-corrected chi connectivity index (χ3v) is 5.93. The maximum Gasteiger partial charge on any atom is 0.246 e. The van der Waals surface area contributed by atoms with E-state index in [4.69, 9.17) is 14.0 Å². The average molecular weight is 424 g/mol. The zero-order chi connectivity index (χ0) is 20.3. The van der Waals surface area contributed by atoms with Gasteiger partial charge in [-0.2, -0.15) is 4.98 Å². The molecule has 1 amide bonds. The topological polar surface area (TPSA) is 80.9 Å². The molecule has 8 nitrogen and oxygen atoms in total. The smallest absolute Gasteiger partial charge is 0.246 e. The first-order valence-electron chi connectivity index (χ1n) is 9.70. The molecule has 9 heteroatoms. The van der Waals surface area contributed by atoms with Crippen LogP contribution >= 0.6 is 11.3 Å². The highest BCUT2D eigenvalue weighted by Crippen LogP contribution is 2.32. The first kappa shape index (κ1) is 18.8. The summed E-state index contributed by atoms with van der Waals surface area (Å²) in [6.45, 7) is 3.69. The van der Waals surface area contributed by atoms with Gasteiger partial charge in [0.15, 0.2) is 11.5 Å².